The summed E-state index contributed by atoms with van der Waals surface area (Å²) in [7, 11) is 3.27. The van der Waals surface area contributed by atoms with Gasteiger partial charge in [0.25, 0.3) is 0 Å². The molecule has 0 unspecified atom stereocenters. The lowest BCUT2D eigenvalue weighted by Gasteiger charge is -2.38. The molecule has 0 saturated carbocycles. The van der Waals surface area contributed by atoms with Gasteiger partial charge in [0.1, 0.15) is 16.7 Å². The number of carbonyl (C=O) groups excluding carboxylic acids is 2. The molecular formula is C30H30ClN5O5. The van der Waals surface area contributed by atoms with Gasteiger partial charge in [0.05, 0.1) is 12.6 Å². The summed E-state index contributed by atoms with van der Waals surface area (Å²) in [5.41, 5.74) is 4.47. The predicted octanol–water partition coefficient (Wildman–Crippen LogP) is 4.79. The number of carbonyl (C=O) groups is 2. The molecule has 6 rings (SSSR count). The van der Waals surface area contributed by atoms with Crippen LogP contribution in [0.3, 0.4) is 0 Å². The van der Waals surface area contributed by atoms with Gasteiger partial charge in [0.15, 0.2) is 11.4 Å². The van der Waals surface area contributed by atoms with E-state index in [9.17, 15) is 14.4 Å². The van der Waals surface area contributed by atoms with E-state index >= 15 is 0 Å². The van der Waals surface area contributed by atoms with Crippen molar-refractivity contribution in [2.75, 3.05) is 37.0 Å². The van der Waals surface area contributed by atoms with E-state index < -0.39 is 5.76 Å². The summed E-state index contributed by atoms with van der Waals surface area (Å²) in [6.07, 6.45) is 2.26. The number of rotatable bonds is 5. The molecule has 2 amide bonds. The molecular weight excluding hydrogens is 546 g/mol. The summed E-state index contributed by atoms with van der Waals surface area (Å²) < 4.78 is 12.1. The van der Waals surface area contributed by atoms with E-state index in [2.05, 4.69) is 15.2 Å². The third kappa shape index (κ3) is 5.04. The Bertz CT molecular complexity index is 1740. The Morgan fingerprint density at radius 2 is 1.83 bits per heavy atom. The largest absolute Gasteiger partial charge is 0.497 e. The molecule has 212 valence electrons. The minimum absolute atomic E-state index is 0.0815. The third-order valence-electron chi connectivity index (χ3n) is 8.04. The van der Waals surface area contributed by atoms with Crippen molar-refractivity contribution in [1.82, 2.24) is 14.5 Å². The zero-order valence-electron chi connectivity index (χ0n) is 23.1. The molecule has 0 atom stereocenters. The second kappa shape index (κ2) is 10.6. The van der Waals surface area contributed by atoms with Gasteiger partial charge in [0.2, 0.25) is 0 Å². The Kier molecular flexibility index (Phi) is 6.94. The number of methoxy groups -OCH3 is 1. The fraction of sp³-hybridized carbons (Fsp3) is 0.333. The topological polar surface area (TPSA) is 110 Å². The third-order valence-corrected chi connectivity index (χ3v) is 8.24. The van der Waals surface area contributed by atoms with Crippen molar-refractivity contribution >= 4 is 46.0 Å². The average molecular weight is 576 g/mol. The minimum Gasteiger partial charge on any atom is -0.497 e. The van der Waals surface area contributed by atoms with Gasteiger partial charge in [0, 0.05) is 49.5 Å². The molecule has 2 aromatic carbocycles. The molecule has 1 fully saturated rings. The quantitative estimate of drug-likeness (QED) is 0.269. The van der Waals surface area contributed by atoms with E-state index in [1.807, 2.05) is 30.0 Å². The van der Waals surface area contributed by atoms with Crippen LogP contribution in [0.2, 0.25) is 5.15 Å². The normalized spacial score (nSPS) is 16.0. The number of pyridine rings is 1. The van der Waals surface area contributed by atoms with Crippen LogP contribution in [0.4, 0.5) is 16.3 Å². The molecule has 4 heterocycles. The molecule has 0 aliphatic carbocycles. The zero-order chi connectivity index (χ0) is 28.8. The summed E-state index contributed by atoms with van der Waals surface area (Å²) in [5.74, 6) is 0.671. The molecule has 2 aliphatic heterocycles. The van der Waals surface area contributed by atoms with Crippen LogP contribution in [0.1, 0.15) is 39.9 Å². The fourth-order valence-corrected chi connectivity index (χ4v) is 6.10. The molecule has 1 saturated heterocycles. The highest BCUT2D eigenvalue weighted by Gasteiger charge is 2.31. The first-order valence-electron chi connectivity index (χ1n) is 13.5. The van der Waals surface area contributed by atoms with Crippen LogP contribution in [0.25, 0.3) is 11.1 Å². The molecule has 2 aromatic heterocycles. The molecule has 10 nitrogen and oxygen atoms in total. The Morgan fingerprint density at radius 1 is 1.07 bits per heavy atom. The standard InChI is InChI=1S/C30H30ClN5O5/c1-17-12-19(14-24-27(17)34(2)30(39)41-24)28(37)20-15-25(31)33-26(16-20)35-9-7-21(8-10-35)36-11-6-18-13-22(40-3)4-5-23(18)32-29(36)38/h4-5,12-16,21H,6-11H2,1-3H3,(H,32,38). The van der Waals surface area contributed by atoms with Crippen LogP contribution >= 0.6 is 11.6 Å². The van der Waals surface area contributed by atoms with Crippen LogP contribution in [0.5, 0.6) is 5.75 Å². The zero-order valence-corrected chi connectivity index (χ0v) is 23.8. The lowest BCUT2D eigenvalue weighted by molar-refractivity contribution is 0.103. The number of piperidine rings is 1. The highest BCUT2D eigenvalue weighted by Crippen LogP contribution is 2.30. The SMILES string of the molecule is COc1ccc2c(c1)CCN(C1CCN(c3cc(C(=O)c4cc(C)c5c(c4)oc(=O)n5C)cc(Cl)n3)CC1)C(=O)N2. The molecule has 2 aliphatic rings. The van der Waals surface area contributed by atoms with E-state index in [0.29, 0.717) is 47.7 Å². The summed E-state index contributed by atoms with van der Waals surface area (Å²) in [6.45, 7) is 3.78. The summed E-state index contributed by atoms with van der Waals surface area (Å²) in [5, 5.41) is 3.27. The molecule has 11 heteroatoms. The number of benzene rings is 2. The van der Waals surface area contributed by atoms with Gasteiger partial charge < -0.3 is 24.3 Å². The van der Waals surface area contributed by atoms with Crippen LogP contribution in [-0.2, 0) is 13.5 Å². The maximum atomic E-state index is 13.5. The van der Waals surface area contributed by atoms with E-state index in [1.165, 1.54) is 4.57 Å². The lowest BCUT2D eigenvalue weighted by Crippen LogP contribution is -2.49. The van der Waals surface area contributed by atoms with Crippen LogP contribution in [0, 0.1) is 6.92 Å². The van der Waals surface area contributed by atoms with Crippen molar-refractivity contribution in [2.45, 2.75) is 32.2 Å². The number of nitrogens with one attached hydrogen (secondary N) is 1. The first-order valence-corrected chi connectivity index (χ1v) is 13.9. The Morgan fingerprint density at radius 3 is 2.59 bits per heavy atom. The number of aromatic nitrogens is 2. The fourth-order valence-electron chi connectivity index (χ4n) is 5.89. The van der Waals surface area contributed by atoms with Gasteiger partial charge >= 0.3 is 11.8 Å². The van der Waals surface area contributed by atoms with Crippen molar-refractivity contribution in [1.29, 1.82) is 0 Å². The Hall–Kier alpha value is -4.31. The Labute approximate surface area is 241 Å². The van der Waals surface area contributed by atoms with Gasteiger partial charge in [-0.15, -0.1) is 0 Å². The smallest absolute Gasteiger partial charge is 0.419 e. The highest BCUT2D eigenvalue weighted by atomic mass is 35.5. The number of ketones is 1. The van der Waals surface area contributed by atoms with Crippen molar-refractivity contribution in [3.05, 3.63) is 80.4 Å². The lowest BCUT2D eigenvalue weighted by atomic mass is 10.0. The van der Waals surface area contributed by atoms with Crippen molar-refractivity contribution in [2.24, 2.45) is 7.05 Å². The molecule has 0 spiro atoms. The molecule has 41 heavy (non-hydrogen) atoms. The second-order valence-electron chi connectivity index (χ2n) is 10.5. The molecule has 0 radical (unpaired) electrons. The maximum absolute atomic E-state index is 13.5. The first-order chi connectivity index (χ1) is 19.7. The van der Waals surface area contributed by atoms with Crippen LogP contribution in [-0.4, -0.2) is 59.1 Å². The number of oxazole rings is 1. The van der Waals surface area contributed by atoms with Crippen molar-refractivity contribution in [3.63, 3.8) is 0 Å². The first kappa shape index (κ1) is 26.9. The number of hydrogen-bond acceptors (Lipinski definition) is 7. The molecule has 0 bridgehead atoms. The number of hydrogen-bond donors (Lipinski definition) is 1. The van der Waals surface area contributed by atoms with E-state index in [1.54, 1.807) is 38.4 Å². The molecule has 4 aromatic rings. The summed E-state index contributed by atoms with van der Waals surface area (Å²) in [6, 6.07) is 12.3. The monoisotopic (exact) mass is 575 g/mol. The predicted molar refractivity (Wildman–Crippen MR) is 157 cm³/mol. The van der Waals surface area contributed by atoms with E-state index in [4.69, 9.17) is 20.8 Å². The van der Waals surface area contributed by atoms with Gasteiger partial charge in [-0.1, -0.05) is 11.6 Å². The second-order valence-corrected chi connectivity index (χ2v) is 10.9. The van der Waals surface area contributed by atoms with Gasteiger partial charge in [-0.25, -0.2) is 14.6 Å². The highest BCUT2D eigenvalue weighted by molar-refractivity contribution is 6.30. The van der Waals surface area contributed by atoms with Crippen molar-refractivity contribution in [3.8, 4) is 5.75 Å². The number of halogens is 1. The van der Waals surface area contributed by atoms with Crippen LogP contribution in [0.15, 0.2) is 51.7 Å². The number of fused-ring (bicyclic) bond motifs is 2. The van der Waals surface area contributed by atoms with E-state index in [0.717, 1.165) is 41.8 Å². The van der Waals surface area contributed by atoms with E-state index in [-0.39, 0.29) is 23.0 Å². The summed E-state index contributed by atoms with van der Waals surface area (Å²) >= 11 is 6.38. The molecule has 1 N–H and O–H groups in total. The summed E-state index contributed by atoms with van der Waals surface area (Å²) in [4.78, 5) is 47.1. The van der Waals surface area contributed by atoms with Crippen LogP contribution < -0.4 is 20.7 Å². The van der Waals surface area contributed by atoms with Crippen molar-refractivity contribution < 1.29 is 18.7 Å². The number of nitrogens with zero attached hydrogens (tertiary/aromatic N) is 4. The van der Waals surface area contributed by atoms with Gasteiger partial charge in [-0.05, 0) is 79.8 Å². The number of aryl methyl sites for hydroxylation is 2. The van der Waals surface area contributed by atoms with Gasteiger partial charge in [-0.3, -0.25) is 9.36 Å². The maximum Gasteiger partial charge on any atom is 0.419 e. The Balaban J connectivity index is 1.17. The number of anilines is 2. The number of amides is 2. The van der Waals surface area contributed by atoms with Gasteiger partial charge in [-0.2, -0.15) is 0 Å². The number of urea groups is 1. The number of ether oxygens (including phenoxy) is 1. The average Bonchev–Trinajstić information content (AvgIpc) is 3.15. The minimum atomic E-state index is -0.479.